The number of rotatable bonds is 7. The first-order valence-electron chi connectivity index (χ1n) is 9.38. The van der Waals surface area contributed by atoms with Crippen molar-refractivity contribution in [2.45, 2.75) is 4.90 Å². The quantitative estimate of drug-likeness (QED) is 0.230. The molecule has 0 saturated carbocycles. The van der Waals surface area contributed by atoms with Crippen LogP contribution in [0.2, 0.25) is 0 Å². The van der Waals surface area contributed by atoms with Gasteiger partial charge in [0.2, 0.25) is 5.91 Å². The summed E-state index contributed by atoms with van der Waals surface area (Å²) in [5.41, 5.74) is 1.58. The fourth-order valence-corrected chi connectivity index (χ4v) is 4.50. The van der Waals surface area contributed by atoms with Crippen molar-refractivity contribution in [1.82, 2.24) is 9.97 Å². The van der Waals surface area contributed by atoms with E-state index in [0.29, 0.717) is 21.6 Å². The molecule has 12 heteroatoms. The maximum atomic E-state index is 12.7. The maximum Gasteiger partial charge on any atom is 0.324 e. The molecule has 0 saturated heterocycles. The number of hydrogen-bond acceptors (Lipinski definition) is 8. The molecule has 2 aromatic carbocycles. The van der Waals surface area contributed by atoms with Crippen LogP contribution in [0.3, 0.4) is 0 Å². The van der Waals surface area contributed by atoms with Crippen LogP contribution in [0, 0.1) is 10.1 Å². The van der Waals surface area contributed by atoms with Crippen LogP contribution in [-0.2, 0) is 14.8 Å². The van der Waals surface area contributed by atoms with Crippen LogP contribution in [0.4, 0.5) is 16.5 Å². The summed E-state index contributed by atoms with van der Waals surface area (Å²) < 4.78 is 27.7. The molecule has 2 heterocycles. The summed E-state index contributed by atoms with van der Waals surface area (Å²) in [4.78, 5) is 31.3. The van der Waals surface area contributed by atoms with Crippen molar-refractivity contribution in [3.05, 3.63) is 87.9 Å². The van der Waals surface area contributed by atoms with Crippen molar-refractivity contribution in [3.8, 4) is 0 Å². The Labute approximate surface area is 191 Å². The third kappa shape index (κ3) is 5.37. The second-order valence-electron chi connectivity index (χ2n) is 6.63. The van der Waals surface area contributed by atoms with Gasteiger partial charge in [0.1, 0.15) is 0 Å². The van der Waals surface area contributed by atoms with Gasteiger partial charge in [-0.05, 0) is 48.5 Å². The standard InChI is InChI=1S/C21H15N5O5S2/c27-20(11-7-15-8-12-21(32-15)26(28)29)23-14-5-9-16(10-6-14)33(30,31)25-19-13-22-17-3-1-2-4-18(17)24-19/h1-13H,(H,23,27)(H,24,25)/b11-7+. The number of carbonyl (C=O) groups is 1. The number of benzene rings is 2. The summed E-state index contributed by atoms with van der Waals surface area (Å²) >= 11 is 0.946. The molecule has 0 aliphatic carbocycles. The van der Waals surface area contributed by atoms with Crippen LogP contribution >= 0.6 is 11.3 Å². The number of anilines is 2. The number of thiophene rings is 1. The highest BCUT2D eigenvalue weighted by Gasteiger charge is 2.15. The zero-order chi connectivity index (χ0) is 23.4. The second kappa shape index (κ2) is 9.14. The minimum absolute atomic E-state index is 0.0168. The number of nitrogens with one attached hydrogen (secondary N) is 2. The average molecular weight is 482 g/mol. The molecule has 166 valence electrons. The van der Waals surface area contributed by atoms with E-state index in [2.05, 4.69) is 20.0 Å². The topological polar surface area (TPSA) is 144 Å². The smallest absolute Gasteiger partial charge is 0.323 e. The third-order valence-electron chi connectivity index (χ3n) is 4.31. The fourth-order valence-electron chi connectivity index (χ4n) is 2.79. The summed E-state index contributed by atoms with van der Waals surface area (Å²) in [5, 5.41) is 13.3. The molecule has 0 atom stereocenters. The third-order valence-corrected chi connectivity index (χ3v) is 6.68. The molecule has 33 heavy (non-hydrogen) atoms. The lowest BCUT2D eigenvalue weighted by molar-refractivity contribution is -0.380. The minimum Gasteiger partial charge on any atom is -0.323 e. The van der Waals surface area contributed by atoms with Crippen molar-refractivity contribution < 1.29 is 18.1 Å². The lowest BCUT2D eigenvalue weighted by Crippen LogP contribution is -2.14. The van der Waals surface area contributed by atoms with Gasteiger partial charge >= 0.3 is 5.00 Å². The van der Waals surface area contributed by atoms with E-state index in [1.54, 1.807) is 24.3 Å². The van der Waals surface area contributed by atoms with Gasteiger partial charge in [0.15, 0.2) is 5.82 Å². The number of aromatic nitrogens is 2. The highest BCUT2D eigenvalue weighted by molar-refractivity contribution is 7.92. The van der Waals surface area contributed by atoms with Crippen LogP contribution in [-0.4, -0.2) is 29.2 Å². The molecule has 0 fully saturated rings. The van der Waals surface area contributed by atoms with Crippen molar-refractivity contribution in [2.24, 2.45) is 0 Å². The van der Waals surface area contributed by atoms with Crippen LogP contribution in [0.1, 0.15) is 4.88 Å². The predicted molar refractivity (Wildman–Crippen MR) is 125 cm³/mol. The van der Waals surface area contributed by atoms with Gasteiger partial charge in [-0.3, -0.25) is 24.6 Å². The summed E-state index contributed by atoms with van der Waals surface area (Å²) in [7, 11) is -3.91. The number of nitrogens with zero attached hydrogens (tertiary/aromatic N) is 3. The van der Waals surface area contributed by atoms with Crippen LogP contribution in [0.15, 0.2) is 77.8 Å². The van der Waals surface area contributed by atoms with Gasteiger partial charge in [-0.1, -0.05) is 23.5 Å². The van der Waals surface area contributed by atoms with E-state index in [9.17, 15) is 23.3 Å². The van der Waals surface area contributed by atoms with E-state index in [4.69, 9.17) is 0 Å². The molecule has 0 radical (unpaired) electrons. The van der Waals surface area contributed by atoms with E-state index in [-0.39, 0.29) is 15.7 Å². The van der Waals surface area contributed by atoms with E-state index >= 15 is 0 Å². The Morgan fingerprint density at radius 3 is 2.45 bits per heavy atom. The highest BCUT2D eigenvalue weighted by Crippen LogP contribution is 2.25. The Morgan fingerprint density at radius 2 is 1.76 bits per heavy atom. The van der Waals surface area contributed by atoms with Crippen molar-refractivity contribution in [1.29, 1.82) is 0 Å². The van der Waals surface area contributed by atoms with Gasteiger partial charge in [-0.15, -0.1) is 0 Å². The van der Waals surface area contributed by atoms with Gasteiger partial charge in [-0.2, -0.15) is 0 Å². The van der Waals surface area contributed by atoms with Crippen LogP contribution in [0.5, 0.6) is 0 Å². The molecule has 10 nitrogen and oxygen atoms in total. The Hall–Kier alpha value is -4.16. The molecule has 0 aliphatic heterocycles. The maximum absolute atomic E-state index is 12.7. The number of nitro groups is 1. The Kier molecular flexibility index (Phi) is 6.11. The zero-order valence-corrected chi connectivity index (χ0v) is 18.3. The molecular weight excluding hydrogens is 466 g/mol. The summed E-state index contributed by atoms with van der Waals surface area (Å²) in [6, 6.07) is 15.6. The van der Waals surface area contributed by atoms with Gasteiger partial charge in [0.25, 0.3) is 10.0 Å². The molecule has 2 aromatic heterocycles. The number of amides is 1. The molecule has 1 amide bonds. The first-order chi connectivity index (χ1) is 15.8. The van der Waals surface area contributed by atoms with E-state index in [1.165, 1.54) is 48.7 Å². The van der Waals surface area contributed by atoms with Gasteiger partial charge in [0.05, 0.1) is 27.0 Å². The van der Waals surface area contributed by atoms with Gasteiger partial charge < -0.3 is 5.32 Å². The highest BCUT2D eigenvalue weighted by atomic mass is 32.2. The Morgan fingerprint density at radius 1 is 1.03 bits per heavy atom. The molecule has 4 aromatic rings. The lowest BCUT2D eigenvalue weighted by Gasteiger charge is -2.09. The number of carbonyl (C=O) groups excluding carboxylic acids is 1. The Bertz CT molecular complexity index is 1480. The minimum atomic E-state index is -3.91. The molecule has 0 spiro atoms. The van der Waals surface area contributed by atoms with E-state index < -0.39 is 20.9 Å². The van der Waals surface area contributed by atoms with Gasteiger partial charge in [-0.25, -0.2) is 13.4 Å². The Balaban J connectivity index is 1.41. The molecule has 0 bridgehead atoms. The second-order valence-corrected chi connectivity index (χ2v) is 9.41. The number of sulfonamides is 1. The van der Waals surface area contributed by atoms with Gasteiger partial charge in [0, 0.05) is 22.7 Å². The number of fused-ring (bicyclic) bond motifs is 1. The first kappa shape index (κ1) is 22.0. The average Bonchev–Trinajstić information content (AvgIpc) is 3.27. The normalized spacial score (nSPS) is 11.5. The number of hydrogen-bond donors (Lipinski definition) is 2. The lowest BCUT2D eigenvalue weighted by atomic mass is 10.3. The molecular formula is C21H15N5O5S2. The SMILES string of the molecule is O=C(/C=C/c1ccc([N+](=O)[O-])s1)Nc1ccc(S(=O)(=O)Nc2cnc3ccccc3n2)cc1. The predicted octanol–water partition coefficient (Wildman–Crippen LogP) is 4.05. The van der Waals surface area contributed by atoms with Crippen LogP contribution in [0.25, 0.3) is 17.1 Å². The van der Waals surface area contributed by atoms with Crippen molar-refractivity contribution >= 4 is 60.9 Å². The van der Waals surface area contributed by atoms with E-state index in [0.717, 1.165) is 11.3 Å². The monoisotopic (exact) mass is 481 g/mol. The zero-order valence-electron chi connectivity index (χ0n) is 16.7. The van der Waals surface area contributed by atoms with Crippen molar-refractivity contribution in [2.75, 3.05) is 10.0 Å². The van der Waals surface area contributed by atoms with Crippen molar-refractivity contribution in [3.63, 3.8) is 0 Å². The summed E-state index contributed by atoms with van der Waals surface area (Å²) in [6.07, 6.45) is 4.03. The molecule has 2 N–H and O–H groups in total. The number of para-hydroxylation sites is 2. The molecule has 4 rings (SSSR count). The summed E-state index contributed by atoms with van der Waals surface area (Å²) in [5.74, 6) is -0.378. The fraction of sp³-hybridized carbons (Fsp3) is 0. The van der Waals surface area contributed by atoms with E-state index in [1.807, 2.05) is 6.07 Å². The summed E-state index contributed by atoms with van der Waals surface area (Å²) in [6.45, 7) is 0. The van der Waals surface area contributed by atoms with Crippen LogP contribution < -0.4 is 10.0 Å². The molecule has 0 unspecified atom stereocenters. The largest absolute Gasteiger partial charge is 0.324 e. The molecule has 0 aliphatic rings. The first-order valence-corrected chi connectivity index (χ1v) is 11.7.